The Labute approximate surface area is 169 Å². The molecule has 0 aliphatic heterocycles. The topological polar surface area (TPSA) is 62.0 Å². The zero-order valence-corrected chi connectivity index (χ0v) is 17.0. The lowest BCUT2D eigenvalue weighted by molar-refractivity contribution is 0.601. The van der Waals surface area contributed by atoms with Crippen LogP contribution in [0.5, 0.6) is 0 Å². The Morgan fingerprint density at radius 3 is 2.32 bits per heavy atom. The maximum atomic E-state index is 12.6. The Kier molecular flexibility index (Phi) is 4.65. The van der Waals surface area contributed by atoms with E-state index in [4.69, 9.17) is 11.6 Å². The number of aromatic amines is 1. The zero-order chi connectivity index (χ0) is 19.9. The van der Waals surface area contributed by atoms with Gasteiger partial charge in [0.25, 0.3) is 10.0 Å². The van der Waals surface area contributed by atoms with Crippen molar-refractivity contribution in [2.75, 3.05) is 4.72 Å². The molecule has 0 aliphatic rings. The summed E-state index contributed by atoms with van der Waals surface area (Å²) in [5.41, 5.74) is 5.42. The molecule has 0 saturated heterocycles. The number of hydrogen-bond acceptors (Lipinski definition) is 2. The Bertz CT molecular complexity index is 1280. The summed E-state index contributed by atoms with van der Waals surface area (Å²) < 4.78 is 27.9. The second-order valence-electron chi connectivity index (χ2n) is 6.84. The van der Waals surface area contributed by atoms with Gasteiger partial charge in [0.2, 0.25) is 0 Å². The van der Waals surface area contributed by atoms with E-state index >= 15 is 0 Å². The molecule has 3 aromatic carbocycles. The van der Waals surface area contributed by atoms with Crippen molar-refractivity contribution in [2.24, 2.45) is 0 Å². The van der Waals surface area contributed by atoms with Crippen LogP contribution < -0.4 is 4.72 Å². The van der Waals surface area contributed by atoms with Crippen molar-refractivity contribution < 1.29 is 8.42 Å². The lowest BCUT2D eigenvalue weighted by atomic mass is 10.1. The van der Waals surface area contributed by atoms with Crippen molar-refractivity contribution in [1.29, 1.82) is 0 Å². The Morgan fingerprint density at radius 1 is 0.857 bits per heavy atom. The molecule has 0 amide bonds. The summed E-state index contributed by atoms with van der Waals surface area (Å²) in [6, 6.07) is 20.1. The van der Waals surface area contributed by atoms with Crippen molar-refractivity contribution in [3.8, 4) is 11.3 Å². The molecule has 0 saturated carbocycles. The molecule has 1 aromatic heterocycles. The van der Waals surface area contributed by atoms with Crippen molar-refractivity contribution >= 4 is 38.2 Å². The van der Waals surface area contributed by atoms with Crippen LogP contribution in [0.2, 0.25) is 5.02 Å². The number of nitrogens with one attached hydrogen (secondary N) is 2. The molecule has 142 valence electrons. The van der Waals surface area contributed by atoms with Gasteiger partial charge in [0, 0.05) is 27.3 Å². The average molecular weight is 411 g/mol. The standard InChI is InChI=1S/C22H19ClN2O2S/c1-14-3-9-20(11-15(14)2)28(26,27)25-19-7-4-16(5-8-19)22-13-17-12-18(23)6-10-21(17)24-22/h3-13,24-25H,1-2H3. The average Bonchev–Trinajstić information content (AvgIpc) is 3.07. The van der Waals surface area contributed by atoms with Gasteiger partial charge in [-0.1, -0.05) is 29.8 Å². The highest BCUT2D eigenvalue weighted by Crippen LogP contribution is 2.27. The first-order chi connectivity index (χ1) is 13.3. The third-order valence-electron chi connectivity index (χ3n) is 4.82. The van der Waals surface area contributed by atoms with E-state index in [0.29, 0.717) is 10.7 Å². The third-order valence-corrected chi connectivity index (χ3v) is 6.43. The molecule has 28 heavy (non-hydrogen) atoms. The summed E-state index contributed by atoms with van der Waals surface area (Å²) in [4.78, 5) is 3.60. The lowest BCUT2D eigenvalue weighted by Crippen LogP contribution is -2.13. The van der Waals surface area contributed by atoms with Crippen LogP contribution in [0, 0.1) is 13.8 Å². The number of aryl methyl sites for hydroxylation is 2. The Balaban J connectivity index is 1.59. The van der Waals surface area contributed by atoms with Crippen LogP contribution in [0.4, 0.5) is 5.69 Å². The van der Waals surface area contributed by atoms with Crippen LogP contribution in [0.1, 0.15) is 11.1 Å². The van der Waals surface area contributed by atoms with Gasteiger partial charge in [-0.15, -0.1) is 0 Å². The summed E-state index contributed by atoms with van der Waals surface area (Å²) in [5, 5.41) is 1.72. The van der Waals surface area contributed by atoms with Gasteiger partial charge >= 0.3 is 0 Å². The first-order valence-electron chi connectivity index (χ1n) is 8.81. The normalized spacial score (nSPS) is 11.7. The number of benzene rings is 3. The van der Waals surface area contributed by atoms with Crippen molar-refractivity contribution in [3.05, 3.63) is 82.9 Å². The van der Waals surface area contributed by atoms with Crippen LogP contribution in [-0.4, -0.2) is 13.4 Å². The highest BCUT2D eigenvalue weighted by Gasteiger charge is 2.15. The van der Waals surface area contributed by atoms with E-state index in [-0.39, 0.29) is 4.90 Å². The van der Waals surface area contributed by atoms with E-state index in [1.165, 1.54) is 0 Å². The molecule has 0 fully saturated rings. The number of anilines is 1. The quantitative estimate of drug-likeness (QED) is 0.439. The predicted octanol–water partition coefficient (Wildman–Crippen LogP) is 5.91. The predicted molar refractivity (Wildman–Crippen MR) is 115 cm³/mol. The minimum absolute atomic E-state index is 0.257. The van der Waals surface area contributed by atoms with Gasteiger partial charge in [0.15, 0.2) is 0 Å². The highest BCUT2D eigenvalue weighted by molar-refractivity contribution is 7.92. The van der Waals surface area contributed by atoms with Gasteiger partial charge in [-0.05, 0) is 79.1 Å². The molecule has 0 spiro atoms. The van der Waals surface area contributed by atoms with Crippen LogP contribution >= 0.6 is 11.6 Å². The van der Waals surface area contributed by atoms with E-state index in [9.17, 15) is 8.42 Å². The summed E-state index contributed by atoms with van der Waals surface area (Å²) in [6.07, 6.45) is 0. The van der Waals surface area contributed by atoms with Crippen LogP contribution in [0.3, 0.4) is 0 Å². The van der Waals surface area contributed by atoms with Crippen molar-refractivity contribution in [2.45, 2.75) is 18.7 Å². The maximum absolute atomic E-state index is 12.6. The molecule has 0 atom stereocenters. The first-order valence-corrected chi connectivity index (χ1v) is 10.7. The molecule has 4 aromatic rings. The minimum atomic E-state index is -3.63. The number of aromatic nitrogens is 1. The number of fused-ring (bicyclic) bond motifs is 1. The van der Waals surface area contributed by atoms with E-state index in [0.717, 1.165) is 33.3 Å². The van der Waals surface area contributed by atoms with Crippen LogP contribution in [-0.2, 0) is 10.0 Å². The molecule has 4 nitrogen and oxygen atoms in total. The molecular weight excluding hydrogens is 392 g/mol. The second-order valence-corrected chi connectivity index (χ2v) is 8.96. The minimum Gasteiger partial charge on any atom is -0.355 e. The SMILES string of the molecule is Cc1ccc(S(=O)(=O)Nc2ccc(-c3cc4cc(Cl)ccc4[nH]3)cc2)cc1C. The fourth-order valence-corrected chi connectivity index (χ4v) is 4.40. The smallest absolute Gasteiger partial charge is 0.261 e. The summed E-state index contributed by atoms with van der Waals surface area (Å²) in [7, 11) is -3.63. The number of H-pyrrole nitrogens is 1. The number of halogens is 1. The van der Waals surface area contributed by atoms with Crippen molar-refractivity contribution in [1.82, 2.24) is 4.98 Å². The highest BCUT2D eigenvalue weighted by atomic mass is 35.5. The molecule has 1 heterocycles. The molecule has 0 unspecified atom stereocenters. The van der Waals surface area contributed by atoms with Gasteiger partial charge in [-0.25, -0.2) is 8.42 Å². The number of hydrogen-bond donors (Lipinski definition) is 2. The Morgan fingerprint density at radius 2 is 1.61 bits per heavy atom. The second kappa shape index (κ2) is 7.00. The number of rotatable bonds is 4. The third kappa shape index (κ3) is 3.63. The molecular formula is C22H19ClN2O2S. The van der Waals surface area contributed by atoms with Gasteiger partial charge in [-0.3, -0.25) is 4.72 Å². The van der Waals surface area contributed by atoms with Crippen LogP contribution in [0.25, 0.3) is 22.2 Å². The molecule has 0 radical (unpaired) electrons. The number of sulfonamides is 1. The lowest BCUT2D eigenvalue weighted by Gasteiger charge is -2.10. The molecule has 4 rings (SSSR count). The summed E-state index contributed by atoms with van der Waals surface area (Å²) in [5.74, 6) is 0. The molecule has 0 bridgehead atoms. The van der Waals surface area contributed by atoms with E-state index < -0.39 is 10.0 Å². The zero-order valence-electron chi connectivity index (χ0n) is 15.5. The van der Waals surface area contributed by atoms with Gasteiger partial charge in [0.05, 0.1) is 4.90 Å². The van der Waals surface area contributed by atoms with E-state index in [2.05, 4.69) is 9.71 Å². The van der Waals surface area contributed by atoms with E-state index in [1.807, 2.05) is 56.3 Å². The largest absolute Gasteiger partial charge is 0.355 e. The molecule has 0 aliphatic carbocycles. The van der Waals surface area contributed by atoms with E-state index in [1.54, 1.807) is 24.3 Å². The van der Waals surface area contributed by atoms with Gasteiger partial charge < -0.3 is 4.98 Å². The fraction of sp³-hybridized carbons (Fsp3) is 0.0909. The summed E-state index contributed by atoms with van der Waals surface area (Å²) >= 11 is 6.05. The molecule has 6 heteroatoms. The van der Waals surface area contributed by atoms with Crippen LogP contribution in [0.15, 0.2) is 71.6 Å². The fourth-order valence-electron chi connectivity index (χ4n) is 3.07. The first kappa shape index (κ1) is 18.6. The van der Waals surface area contributed by atoms with Gasteiger partial charge in [-0.2, -0.15) is 0 Å². The van der Waals surface area contributed by atoms with Crippen molar-refractivity contribution in [3.63, 3.8) is 0 Å². The molecule has 2 N–H and O–H groups in total. The maximum Gasteiger partial charge on any atom is 0.261 e. The summed E-state index contributed by atoms with van der Waals surface area (Å²) in [6.45, 7) is 3.85. The van der Waals surface area contributed by atoms with Gasteiger partial charge in [0.1, 0.15) is 0 Å². The monoisotopic (exact) mass is 410 g/mol. The Hall–Kier alpha value is -2.76.